The summed E-state index contributed by atoms with van der Waals surface area (Å²) >= 11 is 3.26. The highest BCUT2D eigenvalue weighted by Crippen LogP contribution is 2.34. The van der Waals surface area contributed by atoms with Crippen LogP contribution < -0.4 is 5.73 Å². The van der Waals surface area contributed by atoms with E-state index in [4.69, 9.17) is 11.1 Å². The van der Waals surface area contributed by atoms with Crippen molar-refractivity contribution in [3.05, 3.63) is 53.6 Å². The molecule has 0 aliphatic rings. The van der Waals surface area contributed by atoms with Crippen LogP contribution in [0.4, 0.5) is 0 Å². The third-order valence-electron chi connectivity index (χ3n) is 2.73. The average molecular weight is 288 g/mol. The molecule has 0 atom stereocenters. The van der Waals surface area contributed by atoms with Gasteiger partial charge in [0, 0.05) is 20.2 Å². The number of thioether (sulfide) groups is 1. The molecule has 0 aliphatic carbocycles. The van der Waals surface area contributed by atoms with Crippen LogP contribution in [0.3, 0.4) is 0 Å². The monoisotopic (exact) mass is 288 g/mol. The molecule has 0 aliphatic heterocycles. The number of nitrogens with one attached hydrogen (secondary N) is 1. The van der Waals surface area contributed by atoms with Crippen molar-refractivity contribution in [1.82, 2.24) is 0 Å². The highest BCUT2D eigenvalue weighted by molar-refractivity contribution is 8.00. The minimum Gasteiger partial charge on any atom is -0.384 e. The van der Waals surface area contributed by atoms with Crippen LogP contribution in [0.25, 0.3) is 0 Å². The smallest absolute Gasteiger partial charge is 0.125 e. The zero-order valence-electron chi connectivity index (χ0n) is 10.9. The lowest BCUT2D eigenvalue weighted by Gasteiger charge is -2.11. The summed E-state index contributed by atoms with van der Waals surface area (Å²) in [4.78, 5) is 3.24. The normalized spacial score (nSPS) is 10.4. The van der Waals surface area contributed by atoms with Crippen molar-refractivity contribution in [2.45, 2.75) is 21.6 Å². The number of aryl methyl sites for hydroxylation is 1. The van der Waals surface area contributed by atoms with E-state index in [0.29, 0.717) is 0 Å². The number of benzene rings is 2. The number of hydrogen-bond donors (Lipinski definition) is 2. The first-order valence-corrected chi connectivity index (χ1v) is 7.92. The van der Waals surface area contributed by atoms with Crippen LogP contribution in [-0.2, 0) is 0 Å². The molecule has 2 aromatic carbocycles. The summed E-state index contributed by atoms with van der Waals surface area (Å²) < 4.78 is 0. The Morgan fingerprint density at radius 2 is 1.68 bits per heavy atom. The summed E-state index contributed by atoms with van der Waals surface area (Å²) in [6.45, 7) is 2.07. The zero-order valence-corrected chi connectivity index (χ0v) is 12.6. The molecule has 98 valence electrons. The Labute approximate surface area is 122 Å². The molecule has 0 saturated heterocycles. The SMILES string of the molecule is CSc1cccc(Sc2ccc(C)cc2)c1C(=N)N. The van der Waals surface area contributed by atoms with Crippen molar-refractivity contribution in [3.8, 4) is 0 Å². The van der Waals surface area contributed by atoms with Gasteiger partial charge in [-0.2, -0.15) is 0 Å². The van der Waals surface area contributed by atoms with Crippen molar-refractivity contribution in [2.24, 2.45) is 5.73 Å². The lowest BCUT2D eigenvalue weighted by Crippen LogP contribution is -2.13. The summed E-state index contributed by atoms with van der Waals surface area (Å²) in [6, 6.07) is 14.4. The van der Waals surface area contributed by atoms with Crippen LogP contribution in [0.5, 0.6) is 0 Å². The third kappa shape index (κ3) is 3.33. The first kappa shape index (κ1) is 14.0. The van der Waals surface area contributed by atoms with Gasteiger partial charge in [-0.3, -0.25) is 5.41 Å². The summed E-state index contributed by atoms with van der Waals surface area (Å²) in [7, 11) is 0. The molecule has 0 saturated carbocycles. The summed E-state index contributed by atoms with van der Waals surface area (Å²) in [5, 5.41) is 7.77. The molecule has 0 unspecified atom stereocenters. The second-order valence-electron chi connectivity index (χ2n) is 4.16. The van der Waals surface area contributed by atoms with Gasteiger partial charge in [0.05, 0.1) is 0 Å². The average Bonchev–Trinajstić information content (AvgIpc) is 2.40. The Morgan fingerprint density at radius 1 is 1.05 bits per heavy atom. The van der Waals surface area contributed by atoms with Gasteiger partial charge < -0.3 is 5.73 Å². The van der Waals surface area contributed by atoms with Gasteiger partial charge in [-0.25, -0.2) is 0 Å². The Bertz CT molecular complexity index is 592. The predicted octanol–water partition coefficient (Wildman–Crippen LogP) is 4.15. The molecule has 2 rings (SSSR count). The molecule has 0 aromatic heterocycles. The van der Waals surface area contributed by atoms with E-state index in [1.54, 1.807) is 23.5 Å². The minimum atomic E-state index is 0.125. The molecular formula is C15H16N2S2. The van der Waals surface area contributed by atoms with Crippen LogP contribution in [0, 0.1) is 12.3 Å². The number of rotatable bonds is 4. The van der Waals surface area contributed by atoms with Crippen LogP contribution in [0.15, 0.2) is 57.2 Å². The summed E-state index contributed by atoms with van der Waals surface area (Å²) in [6.07, 6.45) is 2.00. The topological polar surface area (TPSA) is 49.9 Å². The van der Waals surface area contributed by atoms with Gasteiger partial charge in [-0.15, -0.1) is 11.8 Å². The number of nitrogen functional groups attached to an aromatic ring is 1. The molecule has 0 bridgehead atoms. The van der Waals surface area contributed by atoms with Gasteiger partial charge in [0.15, 0.2) is 0 Å². The molecule has 0 amide bonds. The standard InChI is InChI=1S/C15H16N2S2/c1-10-6-8-11(9-7-10)19-13-5-3-4-12(18-2)14(13)15(16)17/h3-9H,1-2H3,(H3,16,17). The Kier molecular flexibility index (Phi) is 4.56. The van der Waals surface area contributed by atoms with E-state index in [9.17, 15) is 0 Å². The van der Waals surface area contributed by atoms with E-state index in [2.05, 4.69) is 31.2 Å². The van der Waals surface area contributed by atoms with Crippen molar-refractivity contribution in [3.63, 3.8) is 0 Å². The predicted molar refractivity (Wildman–Crippen MR) is 84.5 cm³/mol. The maximum Gasteiger partial charge on any atom is 0.125 e. The van der Waals surface area contributed by atoms with E-state index in [1.165, 1.54) is 5.56 Å². The molecule has 2 aromatic rings. The van der Waals surface area contributed by atoms with Crippen LogP contribution >= 0.6 is 23.5 Å². The first-order chi connectivity index (χ1) is 9.11. The Hall–Kier alpha value is -1.39. The van der Waals surface area contributed by atoms with Crippen molar-refractivity contribution >= 4 is 29.4 Å². The highest BCUT2D eigenvalue weighted by Gasteiger charge is 2.11. The van der Waals surface area contributed by atoms with Crippen molar-refractivity contribution in [2.75, 3.05) is 6.26 Å². The molecule has 0 radical (unpaired) electrons. The van der Waals surface area contributed by atoms with E-state index >= 15 is 0 Å². The maximum atomic E-state index is 7.77. The maximum absolute atomic E-state index is 7.77. The second kappa shape index (κ2) is 6.17. The molecule has 0 heterocycles. The number of hydrogen-bond acceptors (Lipinski definition) is 3. The molecular weight excluding hydrogens is 272 g/mol. The Morgan fingerprint density at radius 3 is 2.26 bits per heavy atom. The molecule has 19 heavy (non-hydrogen) atoms. The van der Waals surface area contributed by atoms with Gasteiger partial charge >= 0.3 is 0 Å². The van der Waals surface area contributed by atoms with Gasteiger partial charge in [-0.1, -0.05) is 35.5 Å². The van der Waals surface area contributed by atoms with Crippen molar-refractivity contribution < 1.29 is 0 Å². The van der Waals surface area contributed by atoms with Gasteiger partial charge in [-0.05, 0) is 37.4 Å². The van der Waals surface area contributed by atoms with E-state index < -0.39 is 0 Å². The summed E-state index contributed by atoms with van der Waals surface area (Å²) in [5.74, 6) is 0.125. The summed E-state index contributed by atoms with van der Waals surface area (Å²) in [5.41, 5.74) is 7.80. The quantitative estimate of drug-likeness (QED) is 0.505. The largest absolute Gasteiger partial charge is 0.384 e. The lowest BCUT2D eigenvalue weighted by atomic mass is 10.2. The lowest BCUT2D eigenvalue weighted by molar-refractivity contribution is 1.24. The van der Waals surface area contributed by atoms with Gasteiger partial charge in [0.1, 0.15) is 5.84 Å². The van der Waals surface area contributed by atoms with Crippen molar-refractivity contribution in [1.29, 1.82) is 5.41 Å². The molecule has 2 nitrogen and oxygen atoms in total. The van der Waals surface area contributed by atoms with Gasteiger partial charge in [0.2, 0.25) is 0 Å². The number of nitrogens with two attached hydrogens (primary N) is 1. The van der Waals surface area contributed by atoms with E-state index in [-0.39, 0.29) is 5.84 Å². The Balaban J connectivity index is 2.39. The molecule has 4 heteroatoms. The highest BCUT2D eigenvalue weighted by atomic mass is 32.2. The van der Waals surface area contributed by atoms with E-state index in [0.717, 1.165) is 20.2 Å². The third-order valence-corrected chi connectivity index (χ3v) is 4.57. The molecule has 3 N–H and O–H groups in total. The zero-order chi connectivity index (χ0) is 13.8. The van der Waals surface area contributed by atoms with Crippen LogP contribution in [-0.4, -0.2) is 12.1 Å². The molecule has 0 fully saturated rings. The van der Waals surface area contributed by atoms with Gasteiger partial charge in [0.25, 0.3) is 0 Å². The number of amidine groups is 1. The van der Waals surface area contributed by atoms with Crippen LogP contribution in [0.1, 0.15) is 11.1 Å². The first-order valence-electron chi connectivity index (χ1n) is 5.87. The fraction of sp³-hybridized carbons (Fsp3) is 0.133. The minimum absolute atomic E-state index is 0.125. The van der Waals surface area contributed by atoms with Crippen LogP contribution in [0.2, 0.25) is 0 Å². The fourth-order valence-corrected chi connectivity index (χ4v) is 3.46. The van der Waals surface area contributed by atoms with E-state index in [1.807, 2.05) is 24.5 Å². The fourth-order valence-electron chi connectivity index (χ4n) is 1.76. The second-order valence-corrected chi connectivity index (χ2v) is 6.13. The molecule has 0 spiro atoms.